The summed E-state index contributed by atoms with van der Waals surface area (Å²) in [5.41, 5.74) is 0.375. The molecule has 0 radical (unpaired) electrons. The molecule has 1 amide bonds. The highest BCUT2D eigenvalue weighted by molar-refractivity contribution is 8.03. The van der Waals surface area contributed by atoms with Crippen molar-refractivity contribution in [1.82, 2.24) is 4.90 Å². The van der Waals surface area contributed by atoms with Gasteiger partial charge in [0.25, 0.3) is 0 Å². The first-order valence-electron chi connectivity index (χ1n) is 8.34. The monoisotopic (exact) mass is 341 g/mol. The zero-order valence-corrected chi connectivity index (χ0v) is 15.3. The van der Waals surface area contributed by atoms with Crippen molar-refractivity contribution in [3.05, 3.63) is 10.5 Å². The largest absolute Gasteiger partial charge is 0.463 e. The van der Waals surface area contributed by atoms with Crippen LogP contribution in [0.5, 0.6) is 0 Å². The minimum Gasteiger partial charge on any atom is -0.463 e. The molecule has 1 heterocycles. The van der Waals surface area contributed by atoms with Crippen LogP contribution >= 0.6 is 11.8 Å². The Bertz CT molecular complexity index is 495. The topological polar surface area (TPSA) is 55.8 Å². The van der Waals surface area contributed by atoms with Crippen molar-refractivity contribution < 1.29 is 19.1 Å². The van der Waals surface area contributed by atoms with Gasteiger partial charge < -0.3 is 14.4 Å². The SMILES string of the molecule is CCOC(=O)C1=C(SC2CCN(C(=O)OC(C)(C)C)C2)CCC1. The number of likely N-dealkylation sites (tertiary alicyclic amines) is 1. The van der Waals surface area contributed by atoms with Gasteiger partial charge >= 0.3 is 12.1 Å². The van der Waals surface area contributed by atoms with Crippen LogP contribution in [0.15, 0.2) is 10.5 Å². The third kappa shape index (κ3) is 5.16. The molecule has 2 aliphatic rings. The van der Waals surface area contributed by atoms with Crippen molar-refractivity contribution in [2.75, 3.05) is 19.7 Å². The van der Waals surface area contributed by atoms with Gasteiger partial charge in [-0.05, 0) is 58.3 Å². The van der Waals surface area contributed by atoms with E-state index >= 15 is 0 Å². The van der Waals surface area contributed by atoms with Gasteiger partial charge in [0.2, 0.25) is 0 Å². The van der Waals surface area contributed by atoms with E-state index in [0.29, 0.717) is 24.9 Å². The lowest BCUT2D eigenvalue weighted by Gasteiger charge is -2.24. The maximum atomic E-state index is 12.1. The minimum atomic E-state index is -0.465. The van der Waals surface area contributed by atoms with E-state index in [0.717, 1.165) is 36.2 Å². The van der Waals surface area contributed by atoms with Crippen molar-refractivity contribution in [3.8, 4) is 0 Å². The molecule has 1 aliphatic heterocycles. The summed E-state index contributed by atoms with van der Waals surface area (Å²) in [7, 11) is 0. The Kier molecular flexibility index (Phi) is 6.00. The number of esters is 1. The van der Waals surface area contributed by atoms with Gasteiger partial charge in [0.15, 0.2) is 0 Å². The third-order valence-corrected chi connectivity index (χ3v) is 5.25. The van der Waals surface area contributed by atoms with Crippen LogP contribution < -0.4 is 0 Å². The molecule has 2 rings (SSSR count). The van der Waals surface area contributed by atoms with E-state index < -0.39 is 5.60 Å². The molecule has 5 nitrogen and oxygen atoms in total. The third-order valence-electron chi connectivity index (χ3n) is 3.79. The van der Waals surface area contributed by atoms with Gasteiger partial charge in [0.05, 0.1) is 6.61 Å². The average molecular weight is 341 g/mol. The fraction of sp³-hybridized carbons (Fsp3) is 0.765. The van der Waals surface area contributed by atoms with Gasteiger partial charge in [-0.1, -0.05) is 0 Å². The highest BCUT2D eigenvalue weighted by Gasteiger charge is 2.32. The second kappa shape index (κ2) is 7.60. The molecule has 0 aromatic rings. The number of hydrogen-bond donors (Lipinski definition) is 0. The molecule has 0 bridgehead atoms. The Balaban J connectivity index is 1.91. The van der Waals surface area contributed by atoms with Crippen LogP contribution in [0.3, 0.4) is 0 Å². The molecule has 1 fully saturated rings. The van der Waals surface area contributed by atoms with Crippen molar-refractivity contribution >= 4 is 23.8 Å². The zero-order valence-electron chi connectivity index (χ0n) is 14.5. The highest BCUT2D eigenvalue weighted by atomic mass is 32.2. The number of allylic oxidation sites excluding steroid dienone is 1. The normalized spacial score (nSPS) is 21.7. The van der Waals surface area contributed by atoms with E-state index in [2.05, 4.69) is 0 Å². The fourth-order valence-corrected chi connectivity index (χ4v) is 4.27. The number of amides is 1. The number of carbonyl (C=O) groups excluding carboxylic acids is 2. The Labute approximate surface area is 142 Å². The molecule has 1 saturated heterocycles. The van der Waals surface area contributed by atoms with Crippen molar-refractivity contribution in [3.63, 3.8) is 0 Å². The summed E-state index contributed by atoms with van der Waals surface area (Å²) in [6, 6.07) is 0. The summed E-state index contributed by atoms with van der Waals surface area (Å²) in [4.78, 5) is 27.0. The Hall–Kier alpha value is -1.17. The molecule has 0 saturated carbocycles. The Morgan fingerprint density at radius 2 is 2.04 bits per heavy atom. The molecule has 1 unspecified atom stereocenters. The van der Waals surface area contributed by atoms with Crippen LogP contribution in [0, 0.1) is 0 Å². The zero-order chi connectivity index (χ0) is 17.0. The summed E-state index contributed by atoms with van der Waals surface area (Å²) in [6.07, 6.45) is 3.46. The number of hydrogen-bond acceptors (Lipinski definition) is 5. The first-order chi connectivity index (χ1) is 10.8. The van der Waals surface area contributed by atoms with Gasteiger partial charge in [-0.15, -0.1) is 11.8 Å². The van der Waals surface area contributed by atoms with Crippen molar-refractivity contribution in [2.45, 2.75) is 64.2 Å². The summed E-state index contributed by atoms with van der Waals surface area (Å²) in [6.45, 7) is 9.27. The molecule has 0 aromatic heterocycles. The molecule has 0 N–H and O–H groups in total. The van der Waals surface area contributed by atoms with Crippen LogP contribution in [-0.4, -0.2) is 47.5 Å². The van der Waals surface area contributed by atoms with E-state index in [1.165, 1.54) is 0 Å². The van der Waals surface area contributed by atoms with Crippen LogP contribution in [0.2, 0.25) is 0 Å². The minimum absolute atomic E-state index is 0.172. The second-order valence-corrected chi connectivity index (χ2v) is 8.33. The van der Waals surface area contributed by atoms with Crippen molar-refractivity contribution in [1.29, 1.82) is 0 Å². The second-order valence-electron chi connectivity index (χ2n) is 6.93. The first kappa shape index (κ1) is 18.2. The molecule has 23 heavy (non-hydrogen) atoms. The van der Waals surface area contributed by atoms with E-state index in [-0.39, 0.29) is 12.1 Å². The molecular weight excluding hydrogens is 314 g/mol. The lowest BCUT2D eigenvalue weighted by Crippen LogP contribution is -2.35. The maximum absolute atomic E-state index is 12.1. The van der Waals surface area contributed by atoms with E-state index in [1.54, 1.807) is 16.7 Å². The van der Waals surface area contributed by atoms with Crippen LogP contribution in [0.25, 0.3) is 0 Å². The maximum Gasteiger partial charge on any atom is 0.410 e. The van der Waals surface area contributed by atoms with Gasteiger partial charge in [0, 0.05) is 23.9 Å². The van der Waals surface area contributed by atoms with Crippen LogP contribution in [0.1, 0.15) is 53.4 Å². The average Bonchev–Trinajstić information content (AvgIpc) is 3.06. The van der Waals surface area contributed by atoms with Crippen molar-refractivity contribution in [2.24, 2.45) is 0 Å². The van der Waals surface area contributed by atoms with Gasteiger partial charge in [-0.3, -0.25) is 0 Å². The smallest absolute Gasteiger partial charge is 0.410 e. The molecular formula is C17H27NO4S. The number of ether oxygens (including phenoxy) is 2. The lowest BCUT2D eigenvalue weighted by atomic mass is 10.2. The van der Waals surface area contributed by atoms with E-state index in [1.807, 2.05) is 27.7 Å². The van der Waals surface area contributed by atoms with E-state index in [4.69, 9.17) is 9.47 Å². The molecule has 0 aromatic carbocycles. The molecule has 6 heteroatoms. The van der Waals surface area contributed by atoms with Gasteiger partial charge in [0.1, 0.15) is 5.60 Å². The predicted molar refractivity (Wildman–Crippen MR) is 91.3 cm³/mol. The molecule has 0 spiro atoms. The molecule has 1 atom stereocenters. The number of rotatable bonds is 4. The fourth-order valence-electron chi connectivity index (χ4n) is 2.80. The van der Waals surface area contributed by atoms with Crippen LogP contribution in [0.4, 0.5) is 4.79 Å². The Morgan fingerprint density at radius 3 is 2.70 bits per heavy atom. The molecule has 1 aliphatic carbocycles. The van der Waals surface area contributed by atoms with E-state index in [9.17, 15) is 9.59 Å². The number of nitrogens with zero attached hydrogens (tertiary/aromatic N) is 1. The quantitative estimate of drug-likeness (QED) is 0.729. The highest BCUT2D eigenvalue weighted by Crippen LogP contribution is 2.39. The first-order valence-corrected chi connectivity index (χ1v) is 9.22. The summed E-state index contributed by atoms with van der Waals surface area (Å²) in [5.74, 6) is -0.172. The standard InChI is InChI=1S/C17H27NO4S/c1-5-21-15(19)13-7-6-8-14(13)23-12-9-10-18(11-12)16(20)22-17(2,3)4/h12H,5-11H2,1-4H3. The predicted octanol–water partition coefficient (Wildman–Crippen LogP) is 3.73. The number of carbonyl (C=O) groups is 2. The Morgan fingerprint density at radius 1 is 1.30 bits per heavy atom. The molecule has 130 valence electrons. The van der Waals surface area contributed by atoms with Gasteiger partial charge in [-0.25, -0.2) is 9.59 Å². The number of thioether (sulfide) groups is 1. The van der Waals surface area contributed by atoms with Crippen LogP contribution in [-0.2, 0) is 14.3 Å². The summed E-state index contributed by atoms with van der Waals surface area (Å²) in [5, 5.41) is 0.333. The summed E-state index contributed by atoms with van der Waals surface area (Å²) >= 11 is 1.75. The lowest BCUT2D eigenvalue weighted by molar-refractivity contribution is -0.138. The summed E-state index contributed by atoms with van der Waals surface area (Å²) < 4.78 is 10.6. The van der Waals surface area contributed by atoms with Gasteiger partial charge in [-0.2, -0.15) is 0 Å².